The lowest BCUT2D eigenvalue weighted by molar-refractivity contribution is 0.350. The monoisotopic (exact) mass is 281 g/mol. The molecule has 1 atom stereocenters. The molecular formula is C14H19NO3S. The second-order valence-corrected chi connectivity index (χ2v) is 6.01. The van der Waals surface area contributed by atoms with Crippen LogP contribution >= 0.6 is 0 Å². The van der Waals surface area contributed by atoms with Crippen LogP contribution in [0.4, 0.5) is 0 Å². The Morgan fingerprint density at radius 3 is 2.47 bits per heavy atom. The van der Waals surface area contributed by atoms with Gasteiger partial charge in [0.05, 0.1) is 4.90 Å². The zero-order chi connectivity index (χ0) is 14.3. The van der Waals surface area contributed by atoms with Gasteiger partial charge in [0.1, 0.15) is 6.61 Å². The van der Waals surface area contributed by atoms with E-state index in [1.54, 1.807) is 12.1 Å². The second-order valence-electron chi connectivity index (χ2n) is 4.30. The number of rotatable bonds is 5. The van der Waals surface area contributed by atoms with E-state index in [1.165, 1.54) is 12.1 Å². The normalized spacial score (nSPS) is 12.6. The average Bonchev–Trinajstić information content (AvgIpc) is 2.36. The second kappa shape index (κ2) is 7.29. The highest BCUT2D eigenvalue weighted by Gasteiger charge is 2.16. The zero-order valence-corrected chi connectivity index (χ0v) is 12.0. The van der Waals surface area contributed by atoms with E-state index in [1.807, 2.05) is 13.8 Å². The van der Waals surface area contributed by atoms with Crippen molar-refractivity contribution in [1.82, 2.24) is 4.72 Å². The van der Waals surface area contributed by atoms with Crippen LogP contribution in [0.25, 0.3) is 0 Å². The van der Waals surface area contributed by atoms with Crippen molar-refractivity contribution in [3.8, 4) is 11.8 Å². The fourth-order valence-corrected chi connectivity index (χ4v) is 2.96. The first-order valence-electron chi connectivity index (χ1n) is 6.21. The molecule has 0 saturated heterocycles. The van der Waals surface area contributed by atoms with E-state index in [-0.39, 0.29) is 17.5 Å². The Morgan fingerprint density at radius 2 is 1.95 bits per heavy atom. The molecule has 0 amide bonds. The summed E-state index contributed by atoms with van der Waals surface area (Å²) in [5.41, 5.74) is 0.676. The Hall–Kier alpha value is -1.35. The first-order chi connectivity index (χ1) is 8.99. The molecule has 1 unspecified atom stereocenters. The molecule has 2 N–H and O–H groups in total. The Bertz CT molecular complexity index is 553. The molecule has 1 rings (SSSR count). The smallest absolute Gasteiger partial charge is 0.240 e. The van der Waals surface area contributed by atoms with E-state index in [9.17, 15) is 8.42 Å². The summed E-state index contributed by atoms with van der Waals surface area (Å²) in [7, 11) is -3.47. The molecule has 0 fully saturated rings. The summed E-state index contributed by atoms with van der Waals surface area (Å²) in [6, 6.07) is 6.21. The van der Waals surface area contributed by atoms with Crippen molar-refractivity contribution in [3.63, 3.8) is 0 Å². The van der Waals surface area contributed by atoms with Crippen molar-refractivity contribution >= 4 is 10.0 Å². The topological polar surface area (TPSA) is 66.4 Å². The molecular weight excluding hydrogens is 262 g/mol. The van der Waals surface area contributed by atoms with Crippen LogP contribution < -0.4 is 4.72 Å². The highest BCUT2D eigenvalue weighted by atomic mass is 32.2. The Kier molecular flexibility index (Phi) is 6.03. The highest BCUT2D eigenvalue weighted by Crippen LogP contribution is 2.11. The van der Waals surface area contributed by atoms with Gasteiger partial charge in [0.15, 0.2) is 0 Å². The van der Waals surface area contributed by atoms with Crippen LogP contribution in [0.3, 0.4) is 0 Å². The lowest BCUT2D eigenvalue weighted by Gasteiger charge is -2.13. The first kappa shape index (κ1) is 15.7. The summed E-state index contributed by atoms with van der Waals surface area (Å²) in [5.74, 6) is 5.23. The number of hydrogen-bond acceptors (Lipinski definition) is 3. The lowest BCUT2D eigenvalue weighted by Crippen LogP contribution is -2.32. The minimum atomic E-state index is -3.47. The molecule has 1 aromatic rings. The molecule has 1 aromatic carbocycles. The van der Waals surface area contributed by atoms with Gasteiger partial charge >= 0.3 is 0 Å². The number of aliphatic hydroxyl groups is 1. The third-order valence-corrected chi connectivity index (χ3v) is 4.16. The molecule has 0 radical (unpaired) electrons. The predicted molar refractivity (Wildman–Crippen MR) is 75.1 cm³/mol. The molecule has 0 spiro atoms. The highest BCUT2D eigenvalue weighted by molar-refractivity contribution is 7.89. The van der Waals surface area contributed by atoms with Crippen LogP contribution in [0.2, 0.25) is 0 Å². The summed E-state index contributed by atoms with van der Waals surface area (Å²) in [5, 5.41) is 8.58. The molecule has 0 aromatic heterocycles. The van der Waals surface area contributed by atoms with E-state index in [4.69, 9.17) is 5.11 Å². The quantitative estimate of drug-likeness (QED) is 0.804. The summed E-state index contributed by atoms with van der Waals surface area (Å²) in [6.45, 7) is 3.65. The summed E-state index contributed by atoms with van der Waals surface area (Å²) in [6.07, 6.45) is 1.73. The van der Waals surface area contributed by atoms with E-state index in [0.717, 1.165) is 12.8 Å². The van der Waals surface area contributed by atoms with Crippen LogP contribution in [0.5, 0.6) is 0 Å². The maximum atomic E-state index is 12.1. The van der Waals surface area contributed by atoms with Crippen molar-refractivity contribution < 1.29 is 13.5 Å². The maximum Gasteiger partial charge on any atom is 0.240 e. The van der Waals surface area contributed by atoms with Crippen LogP contribution in [-0.4, -0.2) is 26.2 Å². The molecule has 0 bridgehead atoms. The van der Waals surface area contributed by atoms with Gasteiger partial charge in [-0.2, -0.15) is 0 Å². The molecule has 0 aliphatic carbocycles. The van der Waals surface area contributed by atoms with Crippen LogP contribution in [0.15, 0.2) is 29.2 Å². The van der Waals surface area contributed by atoms with Crippen molar-refractivity contribution in [1.29, 1.82) is 0 Å². The van der Waals surface area contributed by atoms with Gasteiger partial charge in [-0.05, 0) is 37.6 Å². The Morgan fingerprint density at radius 1 is 1.32 bits per heavy atom. The van der Waals surface area contributed by atoms with Gasteiger partial charge in [-0.25, -0.2) is 13.1 Å². The van der Waals surface area contributed by atoms with E-state index in [2.05, 4.69) is 16.6 Å². The van der Waals surface area contributed by atoms with Crippen molar-refractivity contribution in [2.75, 3.05) is 6.61 Å². The predicted octanol–water partition coefficient (Wildman–Crippen LogP) is 1.50. The van der Waals surface area contributed by atoms with Crippen molar-refractivity contribution in [3.05, 3.63) is 29.8 Å². The summed E-state index contributed by atoms with van der Waals surface area (Å²) in [4.78, 5) is 0.227. The molecule has 0 aliphatic rings. The number of hydrogen-bond donors (Lipinski definition) is 2. The summed E-state index contributed by atoms with van der Waals surface area (Å²) >= 11 is 0. The van der Waals surface area contributed by atoms with Gasteiger partial charge in [0.2, 0.25) is 10.0 Å². The molecule has 4 nitrogen and oxygen atoms in total. The van der Waals surface area contributed by atoms with Gasteiger partial charge in [0, 0.05) is 11.6 Å². The molecule has 5 heteroatoms. The Labute approximate surface area is 114 Å². The minimum Gasteiger partial charge on any atom is -0.384 e. The molecule has 0 heterocycles. The zero-order valence-electron chi connectivity index (χ0n) is 11.2. The van der Waals surface area contributed by atoms with Gasteiger partial charge < -0.3 is 5.11 Å². The maximum absolute atomic E-state index is 12.1. The van der Waals surface area contributed by atoms with Gasteiger partial charge in [-0.3, -0.25) is 0 Å². The average molecular weight is 281 g/mol. The third kappa shape index (κ3) is 5.03. The SMILES string of the molecule is CCCC(C)NS(=O)(=O)c1ccc(C#CCO)cc1. The fourth-order valence-electron chi connectivity index (χ4n) is 1.68. The number of sulfonamides is 1. The van der Waals surface area contributed by atoms with E-state index in [0.29, 0.717) is 5.56 Å². The number of nitrogens with one attached hydrogen (secondary N) is 1. The molecule has 104 valence electrons. The van der Waals surface area contributed by atoms with Crippen LogP contribution in [0, 0.1) is 11.8 Å². The standard InChI is InChI=1S/C14H19NO3S/c1-3-5-12(2)15-19(17,18)14-9-7-13(8-10-14)6-4-11-16/h7-10,12,15-16H,3,5,11H2,1-2H3. The number of benzene rings is 1. The lowest BCUT2D eigenvalue weighted by atomic mass is 10.2. The van der Waals surface area contributed by atoms with Crippen molar-refractivity contribution in [2.45, 2.75) is 37.6 Å². The van der Waals surface area contributed by atoms with Gasteiger partial charge in [0.25, 0.3) is 0 Å². The van der Waals surface area contributed by atoms with Crippen LogP contribution in [-0.2, 0) is 10.0 Å². The Balaban J connectivity index is 2.84. The minimum absolute atomic E-state index is 0.0798. The third-order valence-electron chi connectivity index (χ3n) is 2.55. The fraction of sp³-hybridized carbons (Fsp3) is 0.429. The summed E-state index contributed by atoms with van der Waals surface area (Å²) < 4.78 is 26.7. The van der Waals surface area contributed by atoms with Gasteiger partial charge in [-0.1, -0.05) is 25.2 Å². The molecule has 0 saturated carbocycles. The van der Waals surface area contributed by atoms with E-state index < -0.39 is 10.0 Å². The van der Waals surface area contributed by atoms with Crippen LogP contribution in [0.1, 0.15) is 32.3 Å². The van der Waals surface area contributed by atoms with E-state index >= 15 is 0 Å². The van der Waals surface area contributed by atoms with Gasteiger partial charge in [-0.15, -0.1) is 0 Å². The molecule has 0 aliphatic heterocycles. The number of aliphatic hydroxyl groups excluding tert-OH is 1. The largest absolute Gasteiger partial charge is 0.384 e. The first-order valence-corrected chi connectivity index (χ1v) is 7.70. The van der Waals surface area contributed by atoms with Crippen molar-refractivity contribution in [2.24, 2.45) is 0 Å². The molecule has 19 heavy (non-hydrogen) atoms.